The van der Waals surface area contributed by atoms with Crippen LogP contribution in [-0.4, -0.2) is 25.2 Å². The molecule has 0 aromatic heterocycles. The van der Waals surface area contributed by atoms with Gasteiger partial charge < -0.3 is 10.2 Å². The molecule has 0 aliphatic carbocycles. The van der Waals surface area contributed by atoms with Crippen molar-refractivity contribution in [2.24, 2.45) is 0 Å². The normalized spacial score (nSPS) is 19.1. The molecule has 1 fully saturated rings. The molecule has 94 valence electrons. The molecule has 2 nitrogen and oxygen atoms in total. The Morgan fingerprint density at radius 2 is 1.83 bits per heavy atom. The van der Waals surface area contributed by atoms with Gasteiger partial charge in [0.05, 0.1) is 0 Å². The Bertz CT molecular complexity index is 555. The fraction of sp³-hybridized carbons (Fsp3) is 0.375. The molecule has 1 saturated heterocycles. The third kappa shape index (κ3) is 2.08. The Kier molecular flexibility index (Phi) is 2.75. The summed E-state index contributed by atoms with van der Waals surface area (Å²) >= 11 is 0. The number of benzene rings is 2. The first kappa shape index (κ1) is 11.5. The van der Waals surface area contributed by atoms with E-state index in [1.807, 2.05) is 0 Å². The minimum atomic E-state index is 0.190. The minimum absolute atomic E-state index is 0.190. The summed E-state index contributed by atoms with van der Waals surface area (Å²) in [7, 11) is 0. The zero-order valence-corrected chi connectivity index (χ0v) is 11.1. The van der Waals surface area contributed by atoms with Crippen LogP contribution in [0.4, 0.5) is 5.69 Å². The second-order valence-electron chi connectivity index (χ2n) is 5.73. The number of fused-ring (bicyclic) bond motifs is 1. The van der Waals surface area contributed by atoms with E-state index in [1.54, 1.807) is 0 Å². The molecule has 0 radical (unpaired) electrons. The van der Waals surface area contributed by atoms with Gasteiger partial charge in [0.25, 0.3) is 0 Å². The van der Waals surface area contributed by atoms with Gasteiger partial charge in [-0.2, -0.15) is 0 Å². The predicted octanol–water partition coefficient (Wildman–Crippen LogP) is 3.03. The Balaban J connectivity index is 2.04. The highest BCUT2D eigenvalue weighted by Gasteiger charge is 2.26. The number of nitrogens with one attached hydrogen (secondary N) is 1. The molecule has 0 atom stereocenters. The largest absolute Gasteiger partial charge is 0.368 e. The van der Waals surface area contributed by atoms with Crippen molar-refractivity contribution in [1.82, 2.24) is 5.32 Å². The number of anilines is 1. The van der Waals surface area contributed by atoms with E-state index in [0.717, 1.165) is 19.6 Å². The first-order chi connectivity index (χ1) is 8.66. The molecular weight excluding hydrogens is 220 g/mol. The van der Waals surface area contributed by atoms with Crippen molar-refractivity contribution >= 4 is 16.5 Å². The number of rotatable bonds is 1. The average Bonchev–Trinajstić information content (AvgIpc) is 2.37. The first-order valence-electron chi connectivity index (χ1n) is 6.63. The number of nitrogens with zero attached hydrogens (tertiary/aromatic N) is 1. The van der Waals surface area contributed by atoms with E-state index in [2.05, 4.69) is 66.5 Å². The number of piperazine rings is 1. The summed E-state index contributed by atoms with van der Waals surface area (Å²) in [5.41, 5.74) is 1.55. The molecule has 0 spiro atoms. The van der Waals surface area contributed by atoms with Crippen molar-refractivity contribution in [2.75, 3.05) is 24.5 Å². The van der Waals surface area contributed by atoms with Crippen LogP contribution in [0.5, 0.6) is 0 Å². The molecule has 0 amide bonds. The average molecular weight is 240 g/mol. The van der Waals surface area contributed by atoms with E-state index >= 15 is 0 Å². The van der Waals surface area contributed by atoms with Gasteiger partial charge >= 0.3 is 0 Å². The lowest BCUT2D eigenvalue weighted by Gasteiger charge is -2.40. The Morgan fingerprint density at radius 1 is 1.06 bits per heavy atom. The van der Waals surface area contributed by atoms with E-state index < -0.39 is 0 Å². The van der Waals surface area contributed by atoms with Gasteiger partial charge in [0.1, 0.15) is 0 Å². The van der Waals surface area contributed by atoms with Gasteiger partial charge in [-0.3, -0.25) is 0 Å². The summed E-state index contributed by atoms with van der Waals surface area (Å²) in [5.74, 6) is 0. The fourth-order valence-electron chi connectivity index (χ4n) is 2.83. The van der Waals surface area contributed by atoms with Gasteiger partial charge in [0, 0.05) is 36.2 Å². The van der Waals surface area contributed by atoms with Crippen molar-refractivity contribution in [1.29, 1.82) is 0 Å². The molecule has 0 bridgehead atoms. The van der Waals surface area contributed by atoms with Crippen molar-refractivity contribution in [3.05, 3.63) is 42.5 Å². The second kappa shape index (κ2) is 4.29. The van der Waals surface area contributed by atoms with Crippen molar-refractivity contribution in [2.45, 2.75) is 19.4 Å². The lowest BCUT2D eigenvalue weighted by atomic mass is 10.00. The van der Waals surface area contributed by atoms with E-state index in [4.69, 9.17) is 0 Å². The highest BCUT2D eigenvalue weighted by Crippen LogP contribution is 2.28. The predicted molar refractivity (Wildman–Crippen MR) is 78.2 cm³/mol. The fourth-order valence-corrected chi connectivity index (χ4v) is 2.83. The van der Waals surface area contributed by atoms with Crippen LogP contribution in [0.15, 0.2) is 42.5 Å². The molecule has 1 aliphatic rings. The van der Waals surface area contributed by atoms with Crippen molar-refractivity contribution in [3.63, 3.8) is 0 Å². The molecular formula is C16H20N2. The molecule has 18 heavy (non-hydrogen) atoms. The zero-order valence-electron chi connectivity index (χ0n) is 11.1. The van der Waals surface area contributed by atoms with Crippen LogP contribution >= 0.6 is 0 Å². The summed E-state index contributed by atoms with van der Waals surface area (Å²) in [5, 5.41) is 6.25. The van der Waals surface area contributed by atoms with E-state index in [1.165, 1.54) is 16.5 Å². The van der Waals surface area contributed by atoms with Gasteiger partial charge in [0.2, 0.25) is 0 Å². The highest BCUT2D eigenvalue weighted by molar-refractivity contribution is 5.94. The molecule has 2 aromatic carbocycles. The third-order valence-electron chi connectivity index (χ3n) is 3.68. The van der Waals surface area contributed by atoms with Crippen LogP contribution in [0.25, 0.3) is 10.8 Å². The lowest BCUT2D eigenvalue weighted by molar-refractivity contribution is 0.353. The maximum Gasteiger partial charge on any atom is 0.0446 e. The Morgan fingerprint density at radius 3 is 2.67 bits per heavy atom. The first-order valence-corrected chi connectivity index (χ1v) is 6.63. The summed E-state index contributed by atoms with van der Waals surface area (Å²) in [6, 6.07) is 15.2. The van der Waals surface area contributed by atoms with E-state index in [0.29, 0.717) is 0 Å². The maximum absolute atomic E-state index is 3.56. The summed E-state index contributed by atoms with van der Waals surface area (Å²) < 4.78 is 0. The molecule has 0 saturated carbocycles. The van der Waals surface area contributed by atoms with Crippen LogP contribution in [0, 0.1) is 0 Å². The standard InChI is InChI=1S/C16H20N2/c1-16(2)12-18(11-10-17-16)15-9-5-7-13-6-3-4-8-14(13)15/h3-9,17H,10-12H2,1-2H3. The third-order valence-corrected chi connectivity index (χ3v) is 3.68. The molecule has 1 aliphatic heterocycles. The van der Waals surface area contributed by atoms with Crippen molar-refractivity contribution < 1.29 is 0 Å². The smallest absolute Gasteiger partial charge is 0.0446 e. The summed E-state index contributed by atoms with van der Waals surface area (Å²) in [6.45, 7) is 7.73. The van der Waals surface area contributed by atoms with Crippen LogP contribution in [0.3, 0.4) is 0 Å². The second-order valence-corrected chi connectivity index (χ2v) is 5.73. The molecule has 1 heterocycles. The van der Waals surface area contributed by atoms with Crippen LogP contribution in [-0.2, 0) is 0 Å². The maximum atomic E-state index is 3.56. The number of hydrogen-bond donors (Lipinski definition) is 1. The summed E-state index contributed by atoms with van der Waals surface area (Å²) in [6.07, 6.45) is 0. The summed E-state index contributed by atoms with van der Waals surface area (Å²) in [4.78, 5) is 2.50. The SMILES string of the molecule is CC1(C)CN(c2cccc3ccccc23)CCN1. The minimum Gasteiger partial charge on any atom is -0.368 e. The Hall–Kier alpha value is -1.54. The van der Waals surface area contributed by atoms with E-state index in [9.17, 15) is 0 Å². The van der Waals surface area contributed by atoms with E-state index in [-0.39, 0.29) is 5.54 Å². The molecule has 0 unspecified atom stereocenters. The molecule has 3 rings (SSSR count). The lowest BCUT2D eigenvalue weighted by Crippen LogP contribution is -2.57. The van der Waals surface area contributed by atoms with Crippen LogP contribution in [0.1, 0.15) is 13.8 Å². The molecule has 1 N–H and O–H groups in total. The zero-order chi connectivity index (χ0) is 12.6. The monoisotopic (exact) mass is 240 g/mol. The highest BCUT2D eigenvalue weighted by atomic mass is 15.2. The topological polar surface area (TPSA) is 15.3 Å². The van der Waals surface area contributed by atoms with Gasteiger partial charge in [-0.1, -0.05) is 36.4 Å². The van der Waals surface area contributed by atoms with Gasteiger partial charge in [-0.05, 0) is 25.3 Å². The van der Waals surface area contributed by atoms with Crippen LogP contribution < -0.4 is 10.2 Å². The molecule has 2 heteroatoms. The van der Waals surface area contributed by atoms with Crippen molar-refractivity contribution in [3.8, 4) is 0 Å². The number of hydrogen-bond acceptors (Lipinski definition) is 2. The quantitative estimate of drug-likeness (QED) is 0.824. The van der Waals surface area contributed by atoms with Crippen LogP contribution in [0.2, 0.25) is 0 Å². The van der Waals surface area contributed by atoms with Gasteiger partial charge in [0.15, 0.2) is 0 Å². The molecule has 2 aromatic rings. The van der Waals surface area contributed by atoms with Gasteiger partial charge in [-0.25, -0.2) is 0 Å². The van der Waals surface area contributed by atoms with Gasteiger partial charge in [-0.15, -0.1) is 0 Å². The Labute approximate surface area is 109 Å².